The molecule has 100 valence electrons. The molecule has 0 unspecified atom stereocenters. The number of hydrogen-bond donors (Lipinski definition) is 0. The molecule has 0 saturated heterocycles. The predicted octanol–water partition coefficient (Wildman–Crippen LogP) is 2.98. The van der Waals surface area contributed by atoms with Crippen molar-refractivity contribution >= 4 is 5.97 Å². The van der Waals surface area contributed by atoms with Crippen molar-refractivity contribution in [1.29, 1.82) is 0 Å². The van der Waals surface area contributed by atoms with Gasteiger partial charge in [0.25, 0.3) is 0 Å². The van der Waals surface area contributed by atoms with E-state index in [2.05, 4.69) is 12.1 Å². The zero-order valence-corrected chi connectivity index (χ0v) is 11.1. The fourth-order valence-electron chi connectivity index (χ4n) is 1.64. The second kappa shape index (κ2) is 9.66. The van der Waals surface area contributed by atoms with Crippen molar-refractivity contribution in [3.05, 3.63) is 35.9 Å². The predicted molar refractivity (Wildman–Crippen MR) is 71.4 cm³/mol. The zero-order chi connectivity index (χ0) is 13.1. The fourth-order valence-corrected chi connectivity index (χ4v) is 1.64. The molecule has 0 amide bonds. The third kappa shape index (κ3) is 7.07. The minimum atomic E-state index is -0.122. The number of carbonyl (C=O) groups excluding carboxylic acids is 1. The average Bonchev–Trinajstić information content (AvgIpc) is 2.41. The number of ether oxygens (including phenoxy) is 2. The lowest BCUT2D eigenvalue weighted by Crippen LogP contribution is -2.08. The van der Waals surface area contributed by atoms with E-state index in [0.29, 0.717) is 26.2 Å². The fraction of sp³-hybridized carbons (Fsp3) is 0.533. The van der Waals surface area contributed by atoms with E-state index in [1.807, 2.05) is 25.1 Å². The Morgan fingerprint density at radius 1 is 1.11 bits per heavy atom. The van der Waals surface area contributed by atoms with E-state index in [1.165, 1.54) is 5.56 Å². The van der Waals surface area contributed by atoms with Crippen LogP contribution in [-0.2, 0) is 20.7 Å². The summed E-state index contributed by atoms with van der Waals surface area (Å²) < 4.78 is 10.3. The number of carbonyl (C=O) groups is 1. The second-order valence-electron chi connectivity index (χ2n) is 4.11. The van der Waals surface area contributed by atoms with Crippen molar-refractivity contribution in [1.82, 2.24) is 0 Å². The average molecular weight is 250 g/mol. The third-order valence-electron chi connectivity index (χ3n) is 2.59. The van der Waals surface area contributed by atoms with Gasteiger partial charge in [-0.1, -0.05) is 30.3 Å². The third-order valence-corrected chi connectivity index (χ3v) is 2.59. The Hall–Kier alpha value is -1.35. The SMILES string of the molecule is CCOCCCC(=O)OCCCc1ccccc1. The van der Waals surface area contributed by atoms with Crippen LogP contribution in [0.25, 0.3) is 0 Å². The summed E-state index contributed by atoms with van der Waals surface area (Å²) in [4.78, 5) is 11.3. The quantitative estimate of drug-likeness (QED) is 0.499. The minimum Gasteiger partial charge on any atom is -0.466 e. The molecule has 0 aliphatic carbocycles. The van der Waals surface area contributed by atoms with E-state index < -0.39 is 0 Å². The van der Waals surface area contributed by atoms with Crippen molar-refractivity contribution in [2.24, 2.45) is 0 Å². The van der Waals surface area contributed by atoms with Crippen molar-refractivity contribution in [2.45, 2.75) is 32.6 Å². The molecule has 0 bridgehead atoms. The van der Waals surface area contributed by atoms with Crippen LogP contribution >= 0.6 is 0 Å². The van der Waals surface area contributed by atoms with E-state index in [-0.39, 0.29) is 5.97 Å². The lowest BCUT2D eigenvalue weighted by Gasteiger charge is -2.05. The van der Waals surface area contributed by atoms with E-state index >= 15 is 0 Å². The molecule has 0 heterocycles. The van der Waals surface area contributed by atoms with Gasteiger partial charge in [0.1, 0.15) is 0 Å². The molecule has 0 N–H and O–H groups in total. The Balaban J connectivity index is 1.99. The van der Waals surface area contributed by atoms with Crippen molar-refractivity contribution in [3.63, 3.8) is 0 Å². The zero-order valence-electron chi connectivity index (χ0n) is 11.1. The Bertz CT molecular complexity index is 322. The van der Waals surface area contributed by atoms with Crippen LogP contribution in [0.3, 0.4) is 0 Å². The molecule has 0 aliphatic rings. The van der Waals surface area contributed by atoms with Gasteiger partial charge in [-0.05, 0) is 31.7 Å². The largest absolute Gasteiger partial charge is 0.466 e. The summed E-state index contributed by atoms with van der Waals surface area (Å²) in [6.45, 7) is 3.78. The summed E-state index contributed by atoms with van der Waals surface area (Å²) in [6, 6.07) is 10.2. The van der Waals surface area contributed by atoms with Gasteiger partial charge >= 0.3 is 5.97 Å². The maximum Gasteiger partial charge on any atom is 0.305 e. The van der Waals surface area contributed by atoms with Gasteiger partial charge in [-0.2, -0.15) is 0 Å². The smallest absolute Gasteiger partial charge is 0.305 e. The van der Waals surface area contributed by atoms with Gasteiger partial charge in [0, 0.05) is 19.6 Å². The van der Waals surface area contributed by atoms with Crippen LogP contribution in [0.2, 0.25) is 0 Å². The topological polar surface area (TPSA) is 35.5 Å². The second-order valence-corrected chi connectivity index (χ2v) is 4.11. The number of hydrogen-bond acceptors (Lipinski definition) is 3. The normalized spacial score (nSPS) is 10.3. The van der Waals surface area contributed by atoms with Crippen LogP contribution in [0.1, 0.15) is 31.7 Å². The van der Waals surface area contributed by atoms with Gasteiger partial charge in [-0.3, -0.25) is 4.79 Å². The van der Waals surface area contributed by atoms with Crippen molar-refractivity contribution in [3.8, 4) is 0 Å². The summed E-state index contributed by atoms with van der Waals surface area (Å²) >= 11 is 0. The molecule has 0 aromatic heterocycles. The van der Waals surface area contributed by atoms with Crippen molar-refractivity contribution in [2.75, 3.05) is 19.8 Å². The lowest BCUT2D eigenvalue weighted by atomic mass is 10.1. The summed E-state index contributed by atoms with van der Waals surface area (Å²) in [5.41, 5.74) is 1.28. The maximum atomic E-state index is 11.3. The molecule has 3 heteroatoms. The molecule has 0 aliphatic heterocycles. The van der Waals surface area contributed by atoms with Crippen LogP contribution in [0.4, 0.5) is 0 Å². The molecule has 0 radical (unpaired) electrons. The molecule has 1 aromatic carbocycles. The summed E-state index contributed by atoms with van der Waals surface area (Å²) in [6.07, 6.45) is 3.02. The van der Waals surface area contributed by atoms with E-state index in [4.69, 9.17) is 9.47 Å². The molecule has 18 heavy (non-hydrogen) atoms. The summed E-state index contributed by atoms with van der Waals surface area (Å²) in [7, 11) is 0. The molecule has 1 rings (SSSR count). The van der Waals surface area contributed by atoms with Gasteiger partial charge in [0.2, 0.25) is 0 Å². The van der Waals surface area contributed by atoms with Gasteiger partial charge in [0.15, 0.2) is 0 Å². The molecular formula is C15H22O3. The summed E-state index contributed by atoms with van der Waals surface area (Å²) in [5.74, 6) is -0.122. The maximum absolute atomic E-state index is 11.3. The molecule has 0 spiro atoms. The first kappa shape index (κ1) is 14.7. The highest BCUT2D eigenvalue weighted by atomic mass is 16.5. The van der Waals surface area contributed by atoms with Crippen LogP contribution in [0.5, 0.6) is 0 Å². The standard InChI is InChI=1S/C15H22O3/c1-2-17-12-7-11-15(16)18-13-6-10-14-8-4-3-5-9-14/h3-5,8-9H,2,6-7,10-13H2,1H3. The van der Waals surface area contributed by atoms with Gasteiger partial charge < -0.3 is 9.47 Å². The molecule has 0 fully saturated rings. The Morgan fingerprint density at radius 3 is 2.61 bits per heavy atom. The number of esters is 1. The van der Waals surface area contributed by atoms with Gasteiger partial charge in [-0.25, -0.2) is 0 Å². The van der Waals surface area contributed by atoms with E-state index in [0.717, 1.165) is 19.3 Å². The highest BCUT2D eigenvalue weighted by molar-refractivity contribution is 5.69. The lowest BCUT2D eigenvalue weighted by molar-refractivity contribution is -0.144. The number of aryl methyl sites for hydroxylation is 1. The molecule has 1 aromatic rings. The number of benzene rings is 1. The first-order valence-electron chi connectivity index (χ1n) is 6.60. The van der Waals surface area contributed by atoms with E-state index in [9.17, 15) is 4.79 Å². The number of rotatable bonds is 9. The molecule has 0 atom stereocenters. The highest BCUT2D eigenvalue weighted by Gasteiger charge is 2.02. The van der Waals surface area contributed by atoms with Crippen LogP contribution in [0, 0.1) is 0 Å². The van der Waals surface area contributed by atoms with Crippen molar-refractivity contribution < 1.29 is 14.3 Å². The monoisotopic (exact) mass is 250 g/mol. The first-order chi connectivity index (χ1) is 8.83. The summed E-state index contributed by atoms with van der Waals surface area (Å²) in [5, 5.41) is 0. The Kier molecular flexibility index (Phi) is 7.89. The molecular weight excluding hydrogens is 228 g/mol. The molecule has 0 saturated carbocycles. The van der Waals surface area contributed by atoms with Crippen LogP contribution in [-0.4, -0.2) is 25.8 Å². The van der Waals surface area contributed by atoms with Crippen LogP contribution < -0.4 is 0 Å². The van der Waals surface area contributed by atoms with Crippen LogP contribution in [0.15, 0.2) is 30.3 Å². The van der Waals surface area contributed by atoms with Gasteiger partial charge in [0.05, 0.1) is 6.61 Å². The Morgan fingerprint density at radius 2 is 1.89 bits per heavy atom. The highest BCUT2D eigenvalue weighted by Crippen LogP contribution is 2.03. The minimum absolute atomic E-state index is 0.122. The van der Waals surface area contributed by atoms with E-state index in [1.54, 1.807) is 0 Å². The Labute approximate surface area is 109 Å². The first-order valence-corrected chi connectivity index (χ1v) is 6.60. The van der Waals surface area contributed by atoms with Gasteiger partial charge in [-0.15, -0.1) is 0 Å². The molecule has 3 nitrogen and oxygen atoms in total.